The molecule has 3 heteroatoms. The molecule has 2 rings (SSSR count). The van der Waals surface area contributed by atoms with E-state index < -0.39 is 0 Å². The van der Waals surface area contributed by atoms with Crippen molar-refractivity contribution in [1.82, 2.24) is 0 Å². The number of rotatable bonds is 3. The zero-order chi connectivity index (χ0) is 14.2. The number of aryl methyl sites for hydroxylation is 1. The summed E-state index contributed by atoms with van der Waals surface area (Å²) in [7, 11) is 1.66. The van der Waals surface area contributed by atoms with E-state index in [1.807, 2.05) is 39.8 Å². The standard InChI is InChI=1S/C16H20O3/c1-6-19-15(17)13-9-11-12(16(13,3)4)8-7-10(2)14(11)18-5/h7-9H,6H2,1-5H3. The maximum absolute atomic E-state index is 12.1. The first-order chi connectivity index (χ1) is 8.93. The number of esters is 1. The highest BCUT2D eigenvalue weighted by atomic mass is 16.5. The smallest absolute Gasteiger partial charge is 0.334 e. The molecule has 0 saturated carbocycles. The molecule has 1 aromatic carbocycles. The fraction of sp³-hybridized carbons (Fsp3) is 0.438. The van der Waals surface area contributed by atoms with E-state index in [9.17, 15) is 4.79 Å². The van der Waals surface area contributed by atoms with E-state index >= 15 is 0 Å². The molecular weight excluding hydrogens is 240 g/mol. The van der Waals surface area contributed by atoms with Gasteiger partial charge in [0.05, 0.1) is 13.7 Å². The van der Waals surface area contributed by atoms with Crippen molar-refractivity contribution in [1.29, 1.82) is 0 Å². The van der Waals surface area contributed by atoms with Crippen molar-refractivity contribution in [3.8, 4) is 5.75 Å². The van der Waals surface area contributed by atoms with Crippen LogP contribution in [0.3, 0.4) is 0 Å². The number of hydrogen-bond donors (Lipinski definition) is 0. The van der Waals surface area contributed by atoms with Crippen LogP contribution in [0.1, 0.15) is 37.5 Å². The first-order valence-corrected chi connectivity index (χ1v) is 6.50. The van der Waals surface area contributed by atoms with Crippen molar-refractivity contribution in [2.24, 2.45) is 0 Å². The highest BCUT2D eigenvalue weighted by molar-refractivity contribution is 6.00. The predicted octanol–water partition coefficient (Wildman–Crippen LogP) is 3.24. The average Bonchev–Trinajstić information content (AvgIpc) is 2.61. The van der Waals surface area contributed by atoms with Crippen LogP contribution in [0, 0.1) is 6.92 Å². The summed E-state index contributed by atoms with van der Waals surface area (Å²) in [4.78, 5) is 12.1. The van der Waals surface area contributed by atoms with Gasteiger partial charge in [-0.1, -0.05) is 26.0 Å². The van der Waals surface area contributed by atoms with Crippen LogP contribution in [0.4, 0.5) is 0 Å². The zero-order valence-electron chi connectivity index (χ0n) is 12.2. The summed E-state index contributed by atoms with van der Waals surface area (Å²) in [5, 5.41) is 0. The monoisotopic (exact) mass is 260 g/mol. The summed E-state index contributed by atoms with van der Waals surface area (Å²) in [5.74, 6) is 0.591. The Kier molecular flexibility index (Phi) is 3.40. The van der Waals surface area contributed by atoms with Crippen molar-refractivity contribution in [2.75, 3.05) is 13.7 Å². The second-order valence-corrected chi connectivity index (χ2v) is 5.28. The number of carbonyl (C=O) groups is 1. The number of fused-ring (bicyclic) bond motifs is 1. The van der Waals surface area contributed by atoms with Crippen LogP contribution in [0.15, 0.2) is 17.7 Å². The molecule has 0 bridgehead atoms. The second-order valence-electron chi connectivity index (χ2n) is 5.28. The third kappa shape index (κ3) is 2.03. The van der Waals surface area contributed by atoms with Crippen LogP contribution in [-0.2, 0) is 14.9 Å². The molecule has 0 N–H and O–H groups in total. The maximum atomic E-state index is 12.1. The number of carbonyl (C=O) groups excluding carboxylic acids is 1. The molecule has 19 heavy (non-hydrogen) atoms. The minimum atomic E-state index is -0.345. The van der Waals surface area contributed by atoms with Crippen molar-refractivity contribution in [3.63, 3.8) is 0 Å². The van der Waals surface area contributed by atoms with Gasteiger partial charge in [0, 0.05) is 16.6 Å². The van der Waals surface area contributed by atoms with E-state index in [0.29, 0.717) is 12.2 Å². The van der Waals surface area contributed by atoms with E-state index in [-0.39, 0.29) is 11.4 Å². The topological polar surface area (TPSA) is 35.5 Å². The molecular formula is C16H20O3. The van der Waals surface area contributed by atoms with Crippen LogP contribution >= 0.6 is 0 Å². The Hall–Kier alpha value is -1.77. The van der Waals surface area contributed by atoms with Gasteiger partial charge in [-0.15, -0.1) is 0 Å². The van der Waals surface area contributed by atoms with Gasteiger partial charge in [0.15, 0.2) is 0 Å². The molecule has 0 atom stereocenters. The molecule has 0 aliphatic heterocycles. The second kappa shape index (κ2) is 4.72. The minimum absolute atomic E-state index is 0.247. The molecule has 102 valence electrons. The van der Waals surface area contributed by atoms with E-state index in [1.165, 1.54) is 0 Å². The van der Waals surface area contributed by atoms with E-state index in [4.69, 9.17) is 9.47 Å². The molecule has 0 fully saturated rings. The Balaban J connectivity index is 2.57. The lowest BCUT2D eigenvalue weighted by Gasteiger charge is -2.23. The fourth-order valence-corrected chi connectivity index (χ4v) is 2.66. The highest BCUT2D eigenvalue weighted by Crippen LogP contribution is 2.46. The quantitative estimate of drug-likeness (QED) is 0.783. The van der Waals surface area contributed by atoms with Crippen LogP contribution < -0.4 is 4.74 Å². The lowest BCUT2D eigenvalue weighted by atomic mass is 9.81. The molecule has 0 aromatic heterocycles. The molecule has 3 nitrogen and oxygen atoms in total. The molecule has 0 heterocycles. The number of ether oxygens (including phenoxy) is 2. The predicted molar refractivity (Wildman–Crippen MR) is 75.4 cm³/mol. The Morgan fingerprint density at radius 3 is 2.58 bits per heavy atom. The normalized spacial score (nSPS) is 15.7. The zero-order valence-corrected chi connectivity index (χ0v) is 12.2. The molecule has 0 spiro atoms. The SMILES string of the molecule is CCOC(=O)C1=Cc2c(ccc(C)c2OC)C1(C)C. The minimum Gasteiger partial charge on any atom is -0.496 e. The van der Waals surface area contributed by atoms with Gasteiger partial charge < -0.3 is 9.47 Å². The Morgan fingerprint density at radius 2 is 2.00 bits per heavy atom. The van der Waals surface area contributed by atoms with Gasteiger partial charge in [0.2, 0.25) is 0 Å². The third-order valence-corrected chi connectivity index (χ3v) is 3.73. The molecule has 0 radical (unpaired) electrons. The Bertz CT molecular complexity index is 553. The lowest BCUT2D eigenvalue weighted by molar-refractivity contribution is -0.139. The summed E-state index contributed by atoms with van der Waals surface area (Å²) < 4.78 is 10.6. The van der Waals surface area contributed by atoms with Gasteiger partial charge in [0.25, 0.3) is 0 Å². The van der Waals surface area contributed by atoms with Crippen molar-refractivity contribution < 1.29 is 14.3 Å². The van der Waals surface area contributed by atoms with Crippen LogP contribution in [-0.4, -0.2) is 19.7 Å². The van der Waals surface area contributed by atoms with E-state index in [1.54, 1.807) is 7.11 Å². The van der Waals surface area contributed by atoms with Gasteiger partial charge in [-0.3, -0.25) is 0 Å². The van der Waals surface area contributed by atoms with Gasteiger partial charge in [-0.25, -0.2) is 4.79 Å². The third-order valence-electron chi connectivity index (χ3n) is 3.73. The largest absolute Gasteiger partial charge is 0.496 e. The first-order valence-electron chi connectivity index (χ1n) is 6.50. The van der Waals surface area contributed by atoms with Crippen LogP contribution in [0.5, 0.6) is 5.75 Å². The van der Waals surface area contributed by atoms with Crippen molar-refractivity contribution >= 4 is 12.0 Å². The number of benzene rings is 1. The lowest BCUT2D eigenvalue weighted by Crippen LogP contribution is -2.24. The maximum Gasteiger partial charge on any atom is 0.334 e. The first kappa shape index (κ1) is 13.7. The molecule has 0 saturated heterocycles. The van der Waals surface area contributed by atoms with E-state index in [2.05, 4.69) is 6.07 Å². The fourth-order valence-electron chi connectivity index (χ4n) is 2.66. The number of hydrogen-bond acceptors (Lipinski definition) is 3. The van der Waals surface area contributed by atoms with Crippen molar-refractivity contribution in [3.05, 3.63) is 34.4 Å². The summed E-state index contributed by atoms with van der Waals surface area (Å²) in [5.41, 5.74) is 3.52. The molecule has 1 aliphatic carbocycles. The molecule has 1 aromatic rings. The van der Waals surface area contributed by atoms with Gasteiger partial charge in [0.1, 0.15) is 5.75 Å². The van der Waals surface area contributed by atoms with Gasteiger partial charge in [-0.05, 0) is 31.1 Å². The average molecular weight is 260 g/mol. The summed E-state index contributed by atoms with van der Waals surface area (Å²) in [6.45, 7) is 8.28. The Morgan fingerprint density at radius 1 is 1.32 bits per heavy atom. The molecule has 1 aliphatic rings. The highest BCUT2D eigenvalue weighted by Gasteiger charge is 2.39. The Labute approximate surface area is 114 Å². The summed E-state index contributed by atoms with van der Waals surface area (Å²) in [6, 6.07) is 4.09. The number of methoxy groups -OCH3 is 1. The van der Waals surface area contributed by atoms with Crippen LogP contribution in [0.25, 0.3) is 6.08 Å². The molecule has 0 amide bonds. The molecule has 0 unspecified atom stereocenters. The van der Waals surface area contributed by atoms with Gasteiger partial charge in [-0.2, -0.15) is 0 Å². The summed E-state index contributed by atoms with van der Waals surface area (Å²) in [6.07, 6.45) is 1.90. The van der Waals surface area contributed by atoms with Crippen molar-refractivity contribution in [2.45, 2.75) is 33.1 Å². The van der Waals surface area contributed by atoms with E-state index in [0.717, 1.165) is 22.4 Å². The van der Waals surface area contributed by atoms with Crippen LogP contribution in [0.2, 0.25) is 0 Å². The summed E-state index contributed by atoms with van der Waals surface area (Å²) >= 11 is 0. The van der Waals surface area contributed by atoms with Gasteiger partial charge >= 0.3 is 5.97 Å².